The van der Waals surface area contributed by atoms with E-state index >= 15 is 0 Å². The number of rotatable bonds is 11. The maximum Gasteiger partial charge on any atom is 0.248 e. The molecule has 1 heterocycles. The fourth-order valence-corrected chi connectivity index (χ4v) is 5.86. The molecule has 0 saturated carbocycles. The Morgan fingerprint density at radius 2 is 1.60 bits per heavy atom. The van der Waals surface area contributed by atoms with Crippen LogP contribution in [0.25, 0.3) is 0 Å². The molecule has 0 aromatic heterocycles. The molecule has 0 radical (unpaired) electrons. The van der Waals surface area contributed by atoms with Gasteiger partial charge in [0.05, 0.1) is 11.4 Å². The van der Waals surface area contributed by atoms with Gasteiger partial charge in [-0.2, -0.15) is 4.31 Å². The molecular weight excluding hydrogens is 466 g/mol. The standard InChI is InChI=1S/C26H35N3O5S/c1-3-16-28(35(32,33)24-12-8-5-9-13-24)20-25(30)29(19-22-10-6-4-7-11-22)23-14-17-27(18-15-23)26(31)21-34-2/h4-13,23H,3,14-21H2,1-2H3. The highest BCUT2D eigenvalue weighted by molar-refractivity contribution is 7.89. The van der Waals surface area contributed by atoms with Gasteiger partial charge < -0.3 is 14.5 Å². The molecule has 0 bridgehead atoms. The monoisotopic (exact) mass is 501 g/mol. The first-order valence-electron chi connectivity index (χ1n) is 12.0. The molecule has 1 aliphatic heterocycles. The van der Waals surface area contributed by atoms with Crippen LogP contribution in [0.1, 0.15) is 31.7 Å². The fraction of sp³-hybridized carbons (Fsp3) is 0.462. The lowest BCUT2D eigenvalue weighted by atomic mass is 10.0. The van der Waals surface area contributed by atoms with Crippen molar-refractivity contribution < 1.29 is 22.7 Å². The largest absolute Gasteiger partial charge is 0.375 e. The maximum atomic E-state index is 13.6. The van der Waals surface area contributed by atoms with Crippen molar-refractivity contribution in [1.29, 1.82) is 0 Å². The van der Waals surface area contributed by atoms with Crippen molar-refractivity contribution >= 4 is 21.8 Å². The number of hydrogen-bond acceptors (Lipinski definition) is 5. The molecule has 0 aliphatic carbocycles. The summed E-state index contributed by atoms with van der Waals surface area (Å²) >= 11 is 0. The van der Waals surface area contributed by atoms with Crippen LogP contribution >= 0.6 is 0 Å². The van der Waals surface area contributed by atoms with Gasteiger partial charge in [0.1, 0.15) is 6.61 Å². The molecule has 8 nitrogen and oxygen atoms in total. The molecule has 2 aromatic rings. The molecular formula is C26H35N3O5S. The summed E-state index contributed by atoms with van der Waals surface area (Å²) in [5, 5.41) is 0. The SMILES string of the molecule is CCCN(CC(=O)N(Cc1ccccc1)C1CCN(C(=O)COC)CC1)S(=O)(=O)c1ccccc1. The summed E-state index contributed by atoms with van der Waals surface area (Å²) in [6, 6.07) is 17.8. The maximum absolute atomic E-state index is 13.6. The topological polar surface area (TPSA) is 87.2 Å². The van der Waals surface area contributed by atoms with E-state index in [9.17, 15) is 18.0 Å². The van der Waals surface area contributed by atoms with Gasteiger partial charge >= 0.3 is 0 Å². The molecule has 9 heteroatoms. The van der Waals surface area contributed by atoms with Crippen LogP contribution in [-0.2, 0) is 30.9 Å². The van der Waals surface area contributed by atoms with Crippen LogP contribution in [0.3, 0.4) is 0 Å². The zero-order valence-corrected chi connectivity index (χ0v) is 21.3. The van der Waals surface area contributed by atoms with Gasteiger partial charge in [-0.25, -0.2) is 8.42 Å². The zero-order valence-electron chi connectivity index (χ0n) is 20.5. The molecule has 2 amide bonds. The van der Waals surface area contributed by atoms with E-state index in [4.69, 9.17) is 4.74 Å². The number of amides is 2. The van der Waals surface area contributed by atoms with Gasteiger partial charge in [0.25, 0.3) is 0 Å². The van der Waals surface area contributed by atoms with Gasteiger partial charge in [0.2, 0.25) is 21.8 Å². The lowest BCUT2D eigenvalue weighted by Gasteiger charge is -2.39. The Kier molecular flexibility index (Phi) is 9.83. The van der Waals surface area contributed by atoms with Crippen molar-refractivity contribution in [3.63, 3.8) is 0 Å². The number of methoxy groups -OCH3 is 1. The van der Waals surface area contributed by atoms with Gasteiger partial charge in [0, 0.05) is 39.3 Å². The number of carbonyl (C=O) groups excluding carboxylic acids is 2. The third-order valence-electron chi connectivity index (χ3n) is 6.21. The quantitative estimate of drug-likeness (QED) is 0.473. The van der Waals surface area contributed by atoms with Gasteiger partial charge in [-0.1, -0.05) is 55.5 Å². The number of carbonyl (C=O) groups is 2. The second kappa shape index (κ2) is 12.8. The Bertz CT molecular complexity index is 1050. The molecule has 0 N–H and O–H groups in total. The summed E-state index contributed by atoms with van der Waals surface area (Å²) in [7, 11) is -2.31. The van der Waals surface area contributed by atoms with E-state index in [1.54, 1.807) is 40.1 Å². The Morgan fingerprint density at radius 1 is 1.00 bits per heavy atom. The summed E-state index contributed by atoms with van der Waals surface area (Å²) in [6.07, 6.45) is 1.86. The van der Waals surface area contributed by atoms with E-state index in [1.165, 1.54) is 11.4 Å². The Hall–Kier alpha value is -2.75. The number of hydrogen-bond donors (Lipinski definition) is 0. The summed E-state index contributed by atoms with van der Waals surface area (Å²) in [6.45, 7) is 3.43. The number of benzene rings is 2. The van der Waals surface area contributed by atoms with Crippen LogP contribution in [0.2, 0.25) is 0 Å². The minimum atomic E-state index is -3.80. The number of likely N-dealkylation sites (tertiary alicyclic amines) is 1. The average Bonchev–Trinajstić information content (AvgIpc) is 2.88. The van der Waals surface area contributed by atoms with Crippen LogP contribution in [0.5, 0.6) is 0 Å². The first-order valence-corrected chi connectivity index (χ1v) is 13.5. The molecule has 0 spiro atoms. The van der Waals surface area contributed by atoms with Crippen molar-refractivity contribution in [3.05, 3.63) is 66.2 Å². The van der Waals surface area contributed by atoms with Crippen molar-refractivity contribution in [3.8, 4) is 0 Å². The first kappa shape index (κ1) is 26.8. The predicted molar refractivity (Wildman–Crippen MR) is 134 cm³/mol. The zero-order chi connectivity index (χ0) is 25.3. The lowest BCUT2D eigenvalue weighted by Crippen LogP contribution is -2.51. The van der Waals surface area contributed by atoms with E-state index in [0.717, 1.165) is 5.56 Å². The number of nitrogens with zero attached hydrogens (tertiary/aromatic N) is 3. The van der Waals surface area contributed by atoms with Crippen LogP contribution in [0.15, 0.2) is 65.6 Å². The van der Waals surface area contributed by atoms with Crippen molar-refractivity contribution in [2.24, 2.45) is 0 Å². The van der Waals surface area contributed by atoms with Crippen molar-refractivity contribution in [2.75, 3.05) is 39.9 Å². The molecule has 1 saturated heterocycles. The van der Waals surface area contributed by atoms with Gasteiger partial charge in [-0.05, 0) is 37.0 Å². The van der Waals surface area contributed by atoms with Gasteiger partial charge in [0.15, 0.2) is 0 Å². The molecule has 35 heavy (non-hydrogen) atoms. The minimum absolute atomic E-state index is 0.0423. The third-order valence-corrected chi connectivity index (χ3v) is 8.07. The minimum Gasteiger partial charge on any atom is -0.375 e. The molecule has 3 rings (SSSR count). The fourth-order valence-electron chi connectivity index (χ4n) is 4.36. The number of piperidine rings is 1. The molecule has 1 aliphatic rings. The molecule has 0 atom stereocenters. The Morgan fingerprint density at radius 3 is 2.17 bits per heavy atom. The van der Waals surface area contributed by atoms with E-state index in [0.29, 0.717) is 38.9 Å². The van der Waals surface area contributed by atoms with Crippen molar-refractivity contribution in [1.82, 2.24) is 14.1 Å². The number of ether oxygens (including phenoxy) is 1. The van der Waals surface area contributed by atoms with Crippen LogP contribution in [0.4, 0.5) is 0 Å². The predicted octanol–water partition coefficient (Wildman–Crippen LogP) is 2.75. The highest BCUT2D eigenvalue weighted by Crippen LogP contribution is 2.22. The highest BCUT2D eigenvalue weighted by atomic mass is 32.2. The Labute approximate surface area is 208 Å². The van der Waals surface area contributed by atoms with Crippen LogP contribution in [0, 0.1) is 0 Å². The Balaban J connectivity index is 1.80. The number of sulfonamides is 1. The van der Waals surface area contributed by atoms with Crippen molar-refractivity contribution in [2.45, 2.75) is 43.7 Å². The van der Waals surface area contributed by atoms with E-state index < -0.39 is 10.0 Å². The third kappa shape index (κ3) is 7.13. The highest BCUT2D eigenvalue weighted by Gasteiger charge is 2.33. The molecule has 2 aromatic carbocycles. The second-order valence-corrected chi connectivity index (χ2v) is 10.6. The lowest BCUT2D eigenvalue weighted by molar-refractivity contribution is -0.139. The summed E-state index contributed by atoms with van der Waals surface area (Å²) in [5.74, 6) is -0.293. The summed E-state index contributed by atoms with van der Waals surface area (Å²) in [4.78, 5) is 29.6. The summed E-state index contributed by atoms with van der Waals surface area (Å²) in [5.41, 5.74) is 0.978. The first-order chi connectivity index (χ1) is 16.9. The van der Waals surface area contributed by atoms with E-state index in [1.807, 2.05) is 37.3 Å². The van der Waals surface area contributed by atoms with E-state index in [2.05, 4.69) is 0 Å². The van der Waals surface area contributed by atoms with Crippen LogP contribution in [-0.4, -0.2) is 80.3 Å². The summed E-state index contributed by atoms with van der Waals surface area (Å²) < 4.78 is 32.8. The van der Waals surface area contributed by atoms with Gasteiger partial charge in [-0.3, -0.25) is 9.59 Å². The molecule has 0 unspecified atom stereocenters. The van der Waals surface area contributed by atoms with Gasteiger partial charge in [-0.15, -0.1) is 0 Å². The second-order valence-electron chi connectivity index (χ2n) is 8.70. The average molecular weight is 502 g/mol. The normalized spacial score (nSPS) is 14.8. The van der Waals surface area contributed by atoms with Crippen LogP contribution < -0.4 is 0 Å². The smallest absolute Gasteiger partial charge is 0.248 e. The van der Waals surface area contributed by atoms with E-state index in [-0.39, 0.29) is 42.4 Å². The molecule has 190 valence electrons. The molecule has 1 fully saturated rings.